The van der Waals surface area contributed by atoms with E-state index in [-0.39, 0.29) is 23.5 Å². The van der Waals surface area contributed by atoms with Crippen LogP contribution in [0.3, 0.4) is 0 Å². The Kier molecular flexibility index (Phi) is 4.92. The topological polar surface area (TPSA) is 70.6 Å². The molecule has 0 aliphatic carbocycles. The van der Waals surface area contributed by atoms with Gasteiger partial charge in [-0.3, -0.25) is 5.32 Å². The van der Waals surface area contributed by atoms with Gasteiger partial charge in [0, 0.05) is 26.2 Å². The van der Waals surface area contributed by atoms with Crippen molar-refractivity contribution in [2.24, 2.45) is 0 Å². The van der Waals surface area contributed by atoms with E-state index in [1.807, 2.05) is 35.2 Å². The molecule has 8 heteroatoms. The lowest BCUT2D eigenvalue weighted by atomic mass is 10.2. The molecular weight excluding hydrogens is 361 g/mol. The van der Waals surface area contributed by atoms with Crippen LogP contribution in [-0.2, 0) is 0 Å². The first-order valence-electron chi connectivity index (χ1n) is 9.02. The summed E-state index contributed by atoms with van der Waals surface area (Å²) in [7, 11) is 1.49. The van der Waals surface area contributed by atoms with E-state index in [1.54, 1.807) is 17.0 Å². The molecule has 1 aliphatic rings. The molecule has 0 atom stereocenters. The quantitative estimate of drug-likeness (QED) is 0.755. The summed E-state index contributed by atoms with van der Waals surface area (Å²) in [4.78, 5) is 25.1. The summed E-state index contributed by atoms with van der Waals surface area (Å²) in [5.41, 5.74) is 1.92. The van der Waals surface area contributed by atoms with E-state index < -0.39 is 0 Å². The van der Waals surface area contributed by atoms with Crippen molar-refractivity contribution in [1.29, 1.82) is 0 Å². The van der Waals surface area contributed by atoms with Crippen LogP contribution in [0, 0.1) is 5.82 Å². The van der Waals surface area contributed by atoms with Gasteiger partial charge in [-0.2, -0.15) is 0 Å². The number of fused-ring (bicyclic) bond motifs is 1. The van der Waals surface area contributed by atoms with E-state index in [9.17, 15) is 9.18 Å². The summed E-state index contributed by atoms with van der Waals surface area (Å²) in [6.45, 7) is 2.05. The smallest absolute Gasteiger partial charge is 0.323 e. The Balaban J connectivity index is 1.45. The van der Waals surface area contributed by atoms with Crippen molar-refractivity contribution in [1.82, 2.24) is 14.9 Å². The monoisotopic (exact) mass is 381 g/mol. The van der Waals surface area contributed by atoms with Gasteiger partial charge >= 0.3 is 6.03 Å². The number of piperazine rings is 1. The Morgan fingerprint density at radius 1 is 1.00 bits per heavy atom. The zero-order valence-electron chi connectivity index (χ0n) is 15.4. The van der Waals surface area contributed by atoms with Crippen LogP contribution in [0.1, 0.15) is 0 Å². The molecule has 0 spiro atoms. The van der Waals surface area contributed by atoms with Gasteiger partial charge in [-0.1, -0.05) is 24.3 Å². The number of amides is 2. The maximum Gasteiger partial charge on any atom is 0.323 e. The third-order valence-corrected chi connectivity index (χ3v) is 4.72. The van der Waals surface area contributed by atoms with E-state index in [1.165, 1.54) is 13.2 Å². The van der Waals surface area contributed by atoms with Crippen molar-refractivity contribution in [2.75, 3.05) is 43.5 Å². The number of urea groups is 1. The molecule has 144 valence electrons. The molecular formula is C20H20FN5O2. The minimum atomic E-state index is -0.281. The number of carbonyl (C=O) groups is 1. The Morgan fingerprint density at radius 2 is 1.64 bits per heavy atom. The first-order chi connectivity index (χ1) is 13.7. The molecule has 28 heavy (non-hydrogen) atoms. The van der Waals surface area contributed by atoms with Crippen molar-refractivity contribution in [3.05, 3.63) is 54.3 Å². The number of nitrogens with zero attached hydrogens (tertiary/aromatic N) is 4. The molecule has 4 rings (SSSR count). The summed E-state index contributed by atoms with van der Waals surface area (Å²) >= 11 is 0. The standard InChI is InChI=1S/C20H20FN5O2/c1-28-19-18(22-15-7-3-4-8-16(15)23-19)24-20(27)26-12-10-25(11-13-26)17-9-5-2-6-14(17)21/h2-9H,10-13H2,1H3,(H,22,24,27). The Bertz CT molecular complexity index is 1000. The van der Waals surface area contributed by atoms with Gasteiger partial charge < -0.3 is 14.5 Å². The van der Waals surface area contributed by atoms with Gasteiger partial charge in [0.05, 0.1) is 23.8 Å². The molecule has 1 saturated heterocycles. The number of halogens is 1. The molecule has 3 aromatic rings. The third-order valence-electron chi connectivity index (χ3n) is 4.72. The van der Waals surface area contributed by atoms with Crippen molar-refractivity contribution in [2.45, 2.75) is 0 Å². The molecule has 1 fully saturated rings. The number of ether oxygens (including phenoxy) is 1. The normalized spacial score (nSPS) is 14.2. The van der Waals surface area contributed by atoms with E-state index in [0.717, 1.165) is 0 Å². The van der Waals surface area contributed by atoms with Crippen LogP contribution in [0.25, 0.3) is 11.0 Å². The molecule has 2 aromatic carbocycles. The van der Waals surface area contributed by atoms with E-state index in [0.29, 0.717) is 42.9 Å². The van der Waals surface area contributed by atoms with Gasteiger partial charge in [0.2, 0.25) is 0 Å². The largest absolute Gasteiger partial charge is 0.478 e. The van der Waals surface area contributed by atoms with Crippen LogP contribution in [0.2, 0.25) is 0 Å². The maximum atomic E-state index is 14.0. The fraction of sp³-hybridized carbons (Fsp3) is 0.250. The number of hydrogen-bond donors (Lipinski definition) is 1. The van der Waals surface area contributed by atoms with Crippen LogP contribution >= 0.6 is 0 Å². The molecule has 1 aliphatic heterocycles. The summed E-state index contributed by atoms with van der Waals surface area (Å²) in [5.74, 6) is 0.288. The Hall–Kier alpha value is -3.42. The predicted molar refractivity (Wildman–Crippen MR) is 105 cm³/mol. The summed E-state index contributed by atoms with van der Waals surface area (Å²) in [5, 5.41) is 2.79. The van der Waals surface area contributed by atoms with Gasteiger partial charge in [-0.05, 0) is 24.3 Å². The zero-order valence-corrected chi connectivity index (χ0v) is 15.4. The first kappa shape index (κ1) is 18.0. The second-order valence-electron chi connectivity index (χ2n) is 6.43. The Labute approximate surface area is 161 Å². The van der Waals surface area contributed by atoms with E-state index in [4.69, 9.17) is 4.74 Å². The summed E-state index contributed by atoms with van der Waals surface area (Å²) < 4.78 is 19.2. The third kappa shape index (κ3) is 3.53. The summed E-state index contributed by atoms with van der Waals surface area (Å²) in [6, 6.07) is 13.8. The van der Waals surface area contributed by atoms with Crippen LogP contribution in [0.5, 0.6) is 5.88 Å². The highest BCUT2D eigenvalue weighted by molar-refractivity contribution is 5.91. The van der Waals surface area contributed by atoms with Crippen LogP contribution in [0.4, 0.5) is 20.7 Å². The highest BCUT2D eigenvalue weighted by Gasteiger charge is 2.24. The average molecular weight is 381 g/mol. The highest BCUT2D eigenvalue weighted by Crippen LogP contribution is 2.24. The SMILES string of the molecule is COc1nc2ccccc2nc1NC(=O)N1CCN(c2ccccc2F)CC1. The molecule has 1 aromatic heterocycles. The second kappa shape index (κ2) is 7.67. The number of aromatic nitrogens is 2. The highest BCUT2D eigenvalue weighted by atomic mass is 19.1. The van der Waals surface area contributed by atoms with Gasteiger partial charge in [-0.25, -0.2) is 19.2 Å². The molecule has 0 radical (unpaired) electrons. The predicted octanol–water partition coefficient (Wildman–Crippen LogP) is 3.13. The molecule has 0 saturated carbocycles. The second-order valence-corrected chi connectivity index (χ2v) is 6.43. The number of benzene rings is 2. The number of para-hydroxylation sites is 3. The van der Waals surface area contributed by atoms with Crippen molar-refractivity contribution < 1.29 is 13.9 Å². The van der Waals surface area contributed by atoms with E-state index >= 15 is 0 Å². The lowest BCUT2D eigenvalue weighted by Gasteiger charge is -2.36. The van der Waals surface area contributed by atoms with Gasteiger partial charge in [0.1, 0.15) is 5.82 Å². The lowest BCUT2D eigenvalue weighted by molar-refractivity contribution is 0.208. The molecule has 0 bridgehead atoms. The number of anilines is 2. The van der Waals surface area contributed by atoms with Gasteiger partial charge in [-0.15, -0.1) is 0 Å². The summed E-state index contributed by atoms with van der Waals surface area (Å²) in [6.07, 6.45) is 0. The molecule has 2 amide bonds. The van der Waals surface area contributed by atoms with E-state index in [2.05, 4.69) is 15.3 Å². The number of methoxy groups -OCH3 is 1. The zero-order chi connectivity index (χ0) is 19.5. The minimum absolute atomic E-state index is 0.253. The molecule has 1 N–H and O–H groups in total. The van der Waals surface area contributed by atoms with Crippen molar-refractivity contribution >= 4 is 28.6 Å². The fourth-order valence-corrected chi connectivity index (χ4v) is 3.25. The molecule has 7 nitrogen and oxygen atoms in total. The average Bonchev–Trinajstić information content (AvgIpc) is 2.73. The van der Waals surface area contributed by atoms with Gasteiger partial charge in [0.15, 0.2) is 5.82 Å². The number of carbonyl (C=O) groups excluding carboxylic acids is 1. The van der Waals surface area contributed by atoms with Gasteiger partial charge in [0.25, 0.3) is 5.88 Å². The van der Waals surface area contributed by atoms with Crippen molar-refractivity contribution in [3.8, 4) is 5.88 Å². The molecule has 2 heterocycles. The molecule has 0 unspecified atom stereocenters. The number of hydrogen-bond acceptors (Lipinski definition) is 5. The fourth-order valence-electron chi connectivity index (χ4n) is 3.25. The number of rotatable bonds is 3. The minimum Gasteiger partial charge on any atom is -0.478 e. The van der Waals surface area contributed by atoms with Crippen molar-refractivity contribution in [3.63, 3.8) is 0 Å². The maximum absolute atomic E-state index is 14.0. The first-order valence-corrected chi connectivity index (χ1v) is 9.02. The Morgan fingerprint density at radius 3 is 2.32 bits per heavy atom. The number of nitrogens with one attached hydrogen (secondary N) is 1. The van der Waals surface area contributed by atoms with Crippen LogP contribution < -0.4 is 15.0 Å². The lowest BCUT2D eigenvalue weighted by Crippen LogP contribution is -2.50. The van der Waals surface area contributed by atoms with Crippen LogP contribution in [-0.4, -0.2) is 54.2 Å². The van der Waals surface area contributed by atoms with Crippen LogP contribution in [0.15, 0.2) is 48.5 Å².